The maximum Gasteiger partial charge on any atom is 0.119 e. The van der Waals surface area contributed by atoms with Crippen LogP contribution in [0.1, 0.15) is 35.5 Å². The number of methoxy groups -OCH3 is 1. The van der Waals surface area contributed by atoms with Gasteiger partial charge in [-0.15, -0.1) is 0 Å². The number of hydrogen-bond donors (Lipinski definition) is 1. The summed E-state index contributed by atoms with van der Waals surface area (Å²) in [7, 11) is 1.70. The molecule has 2 aromatic heterocycles. The molecule has 6 nitrogen and oxygen atoms in total. The molecule has 3 aromatic rings. The summed E-state index contributed by atoms with van der Waals surface area (Å²) in [6.45, 7) is 5.71. The van der Waals surface area contributed by atoms with Crippen LogP contribution in [0.3, 0.4) is 0 Å². The Hall–Kier alpha value is -2.60. The number of benzene rings is 1. The first-order chi connectivity index (χ1) is 12.3. The number of hydrogen-bond acceptors (Lipinski definition) is 4. The minimum Gasteiger partial charge on any atom is -0.497 e. The Bertz CT molecular complexity index is 853. The van der Waals surface area contributed by atoms with Gasteiger partial charge in [-0.2, -0.15) is 0 Å². The zero-order valence-electron chi connectivity index (χ0n) is 14.6. The molecule has 1 aliphatic rings. The molecule has 0 spiro atoms. The quantitative estimate of drug-likeness (QED) is 0.778. The molecule has 1 aliphatic heterocycles. The van der Waals surface area contributed by atoms with Crippen molar-refractivity contribution in [1.29, 1.82) is 0 Å². The summed E-state index contributed by atoms with van der Waals surface area (Å²) in [6.07, 6.45) is 5.83. The molecular weight excluding hydrogens is 314 g/mol. The van der Waals surface area contributed by atoms with Crippen LogP contribution in [0.25, 0.3) is 0 Å². The van der Waals surface area contributed by atoms with Gasteiger partial charge in [-0.1, -0.05) is 12.1 Å². The molecule has 0 amide bonds. The number of aryl methyl sites for hydroxylation is 1. The van der Waals surface area contributed by atoms with Crippen molar-refractivity contribution in [2.45, 2.75) is 32.5 Å². The predicted molar refractivity (Wildman–Crippen MR) is 95.4 cm³/mol. The van der Waals surface area contributed by atoms with Gasteiger partial charge in [0.05, 0.1) is 36.8 Å². The van der Waals surface area contributed by atoms with E-state index in [1.54, 1.807) is 13.4 Å². The minimum absolute atomic E-state index is 0.235. The van der Waals surface area contributed by atoms with Gasteiger partial charge in [0, 0.05) is 38.3 Å². The van der Waals surface area contributed by atoms with Gasteiger partial charge < -0.3 is 14.3 Å². The number of nitrogens with one attached hydrogen (secondary N) is 1. The highest BCUT2D eigenvalue weighted by Gasteiger charge is 2.29. The Labute approximate surface area is 147 Å². The fourth-order valence-corrected chi connectivity index (χ4v) is 3.52. The van der Waals surface area contributed by atoms with Gasteiger partial charge in [0.15, 0.2) is 0 Å². The Morgan fingerprint density at radius 3 is 3.04 bits per heavy atom. The lowest BCUT2D eigenvalue weighted by Crippen LogP contribution is -2.34. The molecule has 1 atom stereocenters. The molecule has 0 fully saturated rings. The molecule has 0 saturated carbocycles. The average Bonchev–Trinajstić information content (AvgIpc) is 3.30. The van der Waals surface area contributed by atoms with E-state index in [1.165, 1.54) is 11.3 Å². The fourth-order valence-electron chi connectivity index (χ4n) is 3.52. The summed E-state index contributed by atoms with van der Waals surface area (Å²) in [4.78, 5) is 14.8. The van der Waals surface area contributed by atoms with Crippen LogP contribution < -0.4 is 4.74 Å². The summed E-state index contributed by atoms with van der Waals surface area (Å²) < 4.78 is 7.51. The summed E-state index contributed by atoms with van der Waals surface area (Å²) in [5.74, 6) is 1.12. The molecule has 0 radical (unpaired) electrons. The molecule has 25 heavy (non-hydrogen) atoms. The van der Waals surface area contributed by atoms with E-state index >= 15 is 0 Å². The van der Waals surface area contributed by atoms with Crippen molar-refractivity contribution in [2.75, 3.05) is 13.7 Å². The largest absolute Gasteiger partial charge is 0.497 e. The highest BCUT2D eigenvalue weighted by molar-refractivity contribution is 5.38. The Kier molecular flexibility index (Phi) is 4.28. The highest BCUT2D eigenvalue weighted by Crippen LogP contribution is 2.33. The number of aromatic amines is 1. The second kappa shape index (κ2) is 6.72. The first-order valence-corrected chi connectivity index (χ1v) is 8.66. The van der Waals surface area contributed by atoms with E-state index in [9.17, 15) is 0 Å². The first kappa shape index (κ1) is 15.9. The maximum absolute atomic E-state index is 5.40. The molecular formula is C19H23N5O. The summed E-state index contributed by atoms with van der Waals surface area (Å²) in [5, 5.41) is 0. The Morgan fingerprint density at radius 2 is 2.24 bits per heavy atom. The normalized spacial score (nSPS) is 17.4. The SMILES string of the molecule is CCn1cnc(CN2Cc3[nH]cnc3C(c3cccc(OC)c3)C2)c1. The van der Waals surface area contributed by atoms with Crippen molar-refractivity contribution < 1.29 is 4.74 Å². The number of imidazole rings is 2. The zero-order chi connectivity index (χ0) is 17.2. The standard InChI is InChI=1S/C19H23N5O/c1-3-23-8-15(22-13-23)9-24-10-17(19-18(11-24)20-12-21-19)14-5-4-6-16(7-14)25-2/h4-8,12-13,17H,3,9-11H2,1-2H3,(H,20,21). The second-order valence-electron chi connectivity index (χ2n) is 6.46. The van der Waals surface area contributed by atoms with Crippen molar-refractivity contribution in [3.05, 3.63) is 65.8 Å². The molecule has 4 rings (SSSR count). The molecule has 130 valence electrons. The molecule has 1 N–H and O–H groups in total. The van der Waals surface area contributed by atoms with Crippen molar-refractivity contribution in [2.24, 2.45) is 0 Å². The van der Waals surface area contributed by atoms with E-state index < -0.39 is 0 Å². The molecule has 3 heterocycles. The monoisotopic (exact) mass is 337 g/mol. The lowest BCUT2D eigenvalue weighted by molar-refractivity contribution is 0.225. The predicted octanol–water partition coefficient (Wildman–Crippen LogP) is 2.78. The van der Waals surface area contributed by atoms with Gasteiger partial charge in [-0.05, 0) is 24.6 Å². The fraction of sp³-hybridized carbons (Fsp3) is 0.368. The highest BCUT2D eigenvalue weighted by atomic mass is 16.5. The smallest absolute Gasteiger partial charge is 0.119 e. The van der Waals surface area contributed by atoms with Gasteiger partial charge in [-0.3, -0.25) is 4.90 Å². The van der Waals surface area contributed by atoms with Crippen LogP contribution in [0.15, 0.2) is 43.1 Å². The third-order valence-electron chi connectivity index (χ3n) is 4.84. The molecule has 0 aliphatic carbocycles. The Balaban J connectivity index is 1.60. The second-order valence-corrected chi connectivity index (χ2v) is 6.46. The third kappa shape index (κ3) is 3.17. The summed E-state index contributed by atoms with van der Waals surface area (Å²) >= 11 is 0. The number of fused-ring (bicyclic) bond motifs is 1. The van der Waals surface area contributed by atoms with E-state index in [0.29, 0.717) is 0 Å². The average molecular weight is 337 g/mol. The molecule has 0 saturated heterocycles. The molecule has 6 heteroatoms. The van der Waals surface area contributed by atoms with Crippen molar-refractivity contribution in [3.63, 3.8) is 0 Å². The van der Waals surface area contributed by atoms with Crippen molar-refractivity contribution in [3.8, 4) is 5.75 Å². The van der Waals surface area contributed by atoms with E-state index in [-0.39, 0.29) is 5.92 Å². The number of nitrogens with zero attached hydrogens (tertiary/aromatic N) is 4. The van der Waals surface area contributed by atoms with Crippen LogP contribution in [0.2, 0.25) is 0 Å². The van der Waals surface area contributed by atoms with Gasteiger partial charge in [0.2, 0.25) is 0 Å². The van der Waals surface area contributed by atoms with E-state index in [1.807, 2.05) is 18.5 Å². The van der Waals surface area contributed by atoms with Crippen LogP contribution in [0.5, 0.6) is 5.75 Å². The lowest BCUT2D eigenvalue weighted by atomic mass is 9.90. The van der Waals surface area contributed by atoms with Gasteiger partial charge >= 0.3 is 0 Å². The van der Waals surface area contributed by atoms with Crippen molar-refractivity contribution in [1.82, 2.24) is 24.4 Å². The third-order valence-corrected chi connectivity index (χ3v) is 4.84. The molecule has 1 unspecified atom stereocenters. The van der Waals surface area contributed by atoms with Crippen LogP contribution in [0.4, 0.5) is 0 Å². The van der Waals surface area contributed by atoms with Gasteiger partial charge in [-0.25, -0.2) is 9.97 Å². The zero-order valence-corrected chi connectivity index (χ0v) is 14.6. The number of aromatic nitrogens is 4. The van der Waals surface area contributed by atoms with Gasteiger partial charge in [0.25, 0.3) is 0 Å². The summed E-state index contributed by atoms with van der Waals surface area (Å²) in [5.41, 5.74) is 4.67. The number of H-pyrrole nitrogens is 1. The van der Waals surface area contributed by atoms with Gasteiger partial charge in [0.1, 0.15) is 5.75 Å². The van der Waals surface area contributed by atoms with E-state index in [0.717, 1.165) is 43.3 Å². The van der Waals surface area contributed by atoms with Crippen LogP contribution in [-0.4, -0.2) is 38.1 Å². The van der Waals surface area contributed by atoms with Crippen molar-refractivity contribution >= 4 is 0 Å². The van der Waals surface area contributed by atoms with Crippen LogP contribution in [-0.2, 0) is 19.6 Å². The maximum atomic E-state index is 5.40. The van der Waals surface area contributed by atoms with Crippen LogP contribution in [0, 0.1) is 0 Å². The lowest BCUT2D eigenvalue weighted by Gasteiger charge is -2.31. The minimum atomic E-state index is 0.235. The van der Waals surface area contributed by atoms with E-state index in [2.05, 4.69) is 49.7 Å². The Morgan fingerprint density at radius 1 is 1.32 bits per heavy atom. The van der Waals surface area contributed by atoms with E-state index in [4.69, 9.17) is 4.74 Å². The number of ether oxygens (including phenoxy) is 1. The first-order valence-electron chi connectivity index (χ1n) is 8.66. The van der Waals surface area contributed by atoms with Crippen LogP contribution >= 0.6 is 0 Å². The number of rotatable bonds is 5. The molecule has 1 aromatic carbocycles. The summed E-state index contributed by atoms with van der Waals surface area (Å²) in [6, 6.07) is 8.29. The molecule has 0 bridgehead atoms. The topological polar surface area (TPSA) is 59.0 Å².